The van der Waals surface area contributed by atoms with Crippen molar-refractivity contribution < 1.29 is 14.1 Å². The number of carbonyl (C=O) groups is 1. The summed E-state index contributed by atoms with van der Waals surface area (Å²) in [6, 6.07) is 17.3. The van der Waals surface area contributed by atoms with E-state index in [1.54, 1.807) is 29.2 Å². The van der Waals surface area contributed by atoms with Gasteiger partial charge in [0.15, 0.2) is 0 Å². The third kappa shape index (κ3) is 3.97. The van der Waals surface area contributed by atoms with Gasteiger partial charge in [-0.1, -0.05) is 42.0 Å². The van der Waals surface area contributed by atoms with Crippen molar-refractivity contribution in [2.24, 2.45) is 0 Å². The minimum atomic E-state index is -0.538. The summed E-state index contributed by atoms with van der Waals surface area (Å²) >= 11 is 0. The van der Waals surface area contributed by atoms with Crippen molar-refractivity contribution in [3.63, 3.8) is 0 Å². The van der Waals surface area contributed by atoms with E-state index in [-0.39, 0.29) is 17.8 Å². The molecule has 1 heterocycles. The maximum Gasteiger partial charge on any atom is 0.282 e. The van der Waals surface area contributed by atoms with Gasteiger partial charge in [0.2, 0.25) is 0 Å². The lowest BCUT2D eigenvalue weighted by atomic mass is 10.1. The van der Waals surface area contributed by atoms with Crippen LogP contribution in [-0.4, -0.2) is 15.7 Å². The normalized spacial score (nSPS) is 10.5. The van der Waals surface area contributed by atoms with E-state index in [1.807, 2.05) is 31.2 Å². The van der Waals surface area contributed by atoms with E-state index in [0.717, 1.165) is 11.1 Å². The molecule has 132 valence electrons. The Morgan fingerprint density at radius 3 is 2.42 bits per heavy atom. The van der Waals surface area contributed by atoms with Gasteiger partial charge in [-0.25, -0.2) is 0 Å². The third-order valence-corrected chi connectivity index (χ3v) is 4.04. The average molecular weight is 350 g/mol. The summed E-state index contributed by atoms with van der Waals surface area (Å²) in [5, 5.41) is 11.3. The number of hydrogen-bond donors (Lipinski definition) is 0. The van der Waals surface area contributed by atoms with Gasteiger partial charge >= 0.3 is 0 Å². The summed E-state index contributed by atoms with van der Waals surface area (Å²) in [6.45, 7) is 2.54. The molecule has 3 rings (SSSR count). The van der Waals surface area contributed by atoms with Gasteiger partial charge in [0, 0.05) is 12.6 Å². The van der Waals surface area contributed by atoms with Crippen LogP contribution < -0.4 is 0 Å². The Bertz CT molecular complexity index is 902. The molecule has 26 heavy (non-hydrogen) atoms. The number of para-hydroxylation sites is 1. The number of hydrogen-bond acceptors (Lipinski definition) is 4. The molecular weight excluding hydrogens is 332 g/mol. The number of nitrogens with zero attached hydrogens (tertiary/aromatic N) is 2. The molecule has 0 aliphatic carbocycles. The molecule has 3 aromatic rings. The molecule has 0 aliphatic heterocycles. The van der Waals surface area contributed by atoms with E-state index in [0.29, 0.717) is 12.3 Å². The maximum atomic E-state index is 13.0. The van der Waals surface area contributed by atoms with E-state index < -0.39 is 10.8 Å². The Balaban J connectivity index is 1.93. The average Bonchev–Trinajstić information content (AvgIpc) is 3.15. The molecule has 0 saturated heterocycles. The van der Waals surface area contributed by atoms with Gasteiger partial charge in [-0.15, -0.1) is 0 Å². The maximum absolute atomic E-state index is 13.0. The smallest absolute Gasteiger partial charge is 0.282 e. The second kappa shape index (κ2) is 7.65. The highest BCUT2D eigenvalue weighted by Gasteiger charge is 2.25. The fourth-order valence-corrected chi connectivity index (χ4v) is 2.69. The SMILES string of the molecule is Cc1ccc(CN(Cc2ccco2)C(=O)c2ccccc2[N+](=O)[O-])cc1. The van der Waals surface area contributed by atoms with Crippen LogP contribution in [-0.2, 0) is 13.1 Å². The predicted octanol–water partition coefficient (Wildman–Crippen LogP) is 4.34. The highest BCUT2D eigenvalue weighted by atomic mass is 16.6. The minimum absolute atomic E-state index is 0.0659. The molecule has 0 bridgehead atoms. The summed E-state index contributed by atoms with van der Waals surface area (Å²) in [4.78, 5) is 25.3. The molecule has 0 aliphatic rings. The molecule has 0 fully saturated rings. The molecule has 2 aromatic carbocycles. The van der Waals surface area contributed by atoms with Gasteiger partial charge < -0.3 is 9.32 Å². The number of rotatable bonds is 6. The second-order valence-corrected chi connectivity index (χ2v) is 6.00. The molecule has 0 saturated carbocycles. The van der Waals surface area contributed by atoms with Crippen molar-refractivity contribution in [2.75, 3.05) is 0 Å². The summed E-state index contributed by atoms with van der Waals surface area (Å²) in [7, 11) is 0. The Kier molecular flexibility index (Phi) is 5.12. The van der Waals surface area contributed by atoms with Gasteiger partial charge in [0.05, 0.1) is 17.7 Å². The first-order valence-corrected chi connectivity index (χ1v) is 8.15. The van der Waals surface area contributed by atoms with Crippen molar-refractivity contribution in [3.05, 3.63) is 99.5 Å². The molecule has 0 N–H and O–H groups in total. The molecule has 1 aromatic heterocycles. The number of benzene rings is 2. The summed E-state index contributed by atoms with van der Waals surface area (Å²) in [5.41, 5.74) is 1.92. The Morgan fingerprint density at radius 1 is 1.04 bits per heavy atom. The fourth-order valence-electron chi connectivity index (χ4n) is 2.69. The number of aryl methyl sites for hydroxylation is 1. The lowest BCUT2D eigenvalue weighted by Gasteiger charge is -2.22. The number of nitro benzene ring substituents is 1. The van der Waals surface area contributed by atoms with E-state index in [4.69, 9.17) is 4.42 Å². The van der Waals surface area contributed by atoms with Gasteiger partial charge in [-0.3, -0.25) is 14.9 Å². The van der Waals surface area contributed by atoms with Crippen molar-refractivity contribution in [3.8, 4) is 0 Å². The lowest BCUT2D eigenvalue weighted by Crippen LogP contribution is -2.30. The van der Waals surface area contributed by atoms with E-state index in [9.17, 15) is 14.9 Å². The third-order valence-electron chi connectivity index (χ3n) is 4.04. The van der Waals surface area contributed by atoms with Crippen LogP contribution in [0.3, 0.4) is 0 Å². The van der Waals surface area contributed by atoms with Crippen LogP contribution in [0, 0.1) is 17.0 Å². The number of carbonyl (C=O) groups excluding carboxylic acids is 1. The van der Waals surface area contributed by atoms with Crippen LogP contribution in [0.5, 0.6) is 0 Å². The van der Waals surface area contributed by atoms with Gasteiger partial charge in [-0.2, -0.15) is 0 Å². The van der Waals surface area contributed by atoms with E-state index >= 15 is 0 Å². The lowest BCUT2D eigenvalue weighted by molar-refractivity contribution is -0.385. The zero-order chi connectivity index (χ0) is 18.5. The number of furan rings is 1. The predicted molar refractivity (Wildman–Crippen MR) is 96.6 cm³/mol. The minimum Gasteiger partial charge on any atom is -0.467 e. The van der Waals surface area contributed by atoms with Crippen LogP contribution in [0.2, 0.25) is 0 Å². The Morgan fingerprint density at radius 2 is 1.77 bits per heavy atom. The van der Waals surface area contributed by atoms with Gasteiger partial charge in [0.1, 0.15) is 11.3 Å². The zero-order valence-electron chi connectivity index (χ0n) is 14.3. The van der Waals surface area contributed by atoms with Crippen LogP contribution in [0.1, 0.15) is 27.2 Å². The van der Waals surface area contributed by atoms with E-state index in [1.165, 1.54) is 18.4 Å². The van der Waals surface area contributed by atoms with Gasteiger partial charge in [0.25, 0.3) is 11.6 Å². The summed E-state index contributed by atoms with van der Waals surface area (Å²) < 4.78 is 5.36. The highest BCUT2D eigenvalue weighted by Crippen LogP contribution is 2.22. The van der Waals surface area contributed by atoms with Gasteiger partial charge in [-0.05, 0) is 30.7 Å². The van der Waals surface area contributed by atoms with E-state index in [2.05, 4.69) is 0 Å². The second-order valence-electron chi connectivity index (χ2n) is 6.00. The van der Waals surface area contributed by atoms with Crippen molar-refractivity contribution in [1.82, 2.24) is 4.90 Å². The molecule has 0 unspecified atom stereocenters. The Labute approximate surface area is 150 Å². The molecule has 6 nitrogen and oxygen atoms in total. The molecule has 0 radical (unpaired) electrons. The first kappa shape index (κ1) is 17.4. The fraction of sp³-hybridized carbons (Fsp3) is 0.150. The molecular formula is C20H18N2O4. The quantitative estimate of drug-likeness (QED) is 0.489. The number of nitro groups is 1. The molecule has 6 heteroatoms. The van der Waals surface area contributed by atoms with Crippen molar-refractivity contribution in [2.45, 2.75) is 20.0 Å². The standard InChI is InChI=1S/C20H18N2O4/c1-15-8-10-16(11-9-15)13-21(14-17-5-4-12-26-17)20(23)18-6-2-3-7-19(18)22(24)25/h2-12H,13-14H2,1H3. The Hall–Kier alpha value is -3.41. The summed E-state index contributed by atoms with van der Waals surface area (Å²) in [5.74, 6) is 0.207. The van der Waals surface area contributed by atoms with Crippen LogP contribution in [0.25, 0.3) is 0 Å². The highest BCUT2D eigenvalue weighted by molar-refractivity contribution is 5.98. The first-order chi connectivity index (χ1) is 12.5. The van der Waals surface area contributed by atoms with Crippen molar-refractivity contribution in [1.29, 1.82) is 0 Å². The topological polar surface area (TPSA) is 76.6 Å². The van der Waals surface area contributed by atoms with Crippen molar-refractivity contribution >= 4 is 11.6 Å². The first-order valence-electron chi connectivity index (χ1n) is 8.15. The monoisotopic (exact) mass is 350 g/mol. The van der Waals surface area contributed by atoms with Crippen LogP contribution in [0.15, 0.2) is 71.3 Å². The largest absolute Gasteiger partial charge is 0.467 e. The zero-order valence-corrected chi connectivity index (χ0v) is 14.3. The molecule has 1 amide bonds. The molecule has 0 atom stereocenters. The van der Waals surface area contributed by atoms with Crippen LogP contribution in [0.4, 0.5) is 5.69 Å². The van der Waals surface area contributed by atoms with Crippen LogP contribution >= 0.6 is 0 Å². The summed E-state index contributed by atoms with van der Waals surface area (Å²) in [6.07, 6.45) is 1.54. The molecule has 0 spiro atoms. The number of amides is 1.